The van der Waals surface area contributed by atoms with Crippen molar-refractivity contribution in [1.82, 2.24) is 0 Å². The summed E-state index contributed by atoms with van der Waals surface area (Å²) >= 11 is 0. The number of carbonyl (C=O) groups is 1. The van der Waals surface area contributed by atoms with Crippen LogP contribution in [0, 0.1) is 12.7 Å². The van der Waals surface area contributed by atoms with Crippen LogP contribution in [0.3, 0.4) is 0 Å². The molecule has 0 aromatic heterocycles. The van der Waals surface area contributed by atoms with Gasteiger partial charge in [0.15, 0.2) is 0 Å². The third-order valence-corrected chi connectivity index (χ3v) is 3.71. The molecule has 1 amide bonds. The Labute approximate surface area is 123 Å². The Balaban J connectivity index is 1.83. The Morgan fingerprint density at radius 2 is 2.10 bits per heavy atom. The van der Waals surface area contributed by atoms with E-state index >= 15 is 0 Å². The van der Waals surface area contributed by atoms with Crippen LogP contribution in [0.2, 0.25) is 0 Å². The van der Waals surface area contributed by atoms with Crippen LogP contribution >= 0.6 is 0 Å². The number of carbonyl (C=O) groups excluding carboxylic acids is 1. The Morgan fingerprint density at radius 1 is 1.29 bits per heavy atom. The monoisotopic (exact) mass is 284 g/mol. The van der Waals surface area contributed by atoms with E-state index < -0.39 is 0 Å². The summed E-state index contributed by atoms with van der Waals surface area (Å²) < 4.78 is 13.4. The summed E-state index contributed by atoms with van der Waals surface area (Å²) in [6.45, 7) is 2.57. The normalized spacial score (nSPS) is 16.8. The zero-order valence-corrected chi connectivity index (χ0v) is 11.8. The van der Waals surface area contributed by atoms with E-state index in [-0.39, 0.29) is 17.6 Å². The third-order valence-electron chi connectivity index (χ3n) is 3.71. The van der Waals surface area contributed by atoms with Crippen molar-refractivity contribution in [3.63, 3.8) is 0 Å². The van der Waals surface area contributed by atoms with Crippen LogP contribution in [0.5, 0.6) is 0 Å². The molecule has 0 radical (unpaired) electrons. The Hall–Kier alpha value is -2.36. The van der Waals surface area contributed by atoms with Crippen molar-refractivity contribution in [2.75, 3.05) is 17.2 Å². The maximum absolute atomic E-state index is 13.4. The second-order valence-electron chi connectivity index (χ2n) is 5.36. The molecule has 108 valence electrons. The Bertz CT molecular complexity index is 664. The van der Waals surface area contributed by atoms with Gasteiger partial charge in [-0.15, -0.1) is 0 Å². The molecule has 2 N–H and O–H groups in total. The minimum absolute atomic E-state index is 0.0889. The van der Waals surface area contributed by atoms with Crippen LogP contribution in [0.15, 0.2) is 42.5 Å². The predicted molar refractivity (Wildman–Crippen MR) is 82.1 cm³/mol. The van der Waals surface area contributed by atoms with Gasteiger partial charge in [0, 0.05) is 17.9 Å². The van der Waals surface area contributed by atoms with Crippen LogP contribution in [-0.2, 0) is 4.79 Å². The number of fused-ring (bicyclic) bond motifs is 1. The molecule has 4 heteroatoms. The number of anilines is 2. The van der Waals surface area contributed by atoms with E-state index in [0.29, 0.717) is 5.69 Å². The number of rotatable bonds is 2. The molecule has 3 rings (SSSR count). The van der Waals surface area contributed by atoms with Crippen molar-refractivity contribution >= 4 is 17.3 Å². The summed E-state index contributed by atoms with van der Waals surface area (Å²) in [6.07, 6.45) is 0.733. The molecular weight excluding hydrogens is 267 g/mol. The summed E-state index contributed by atoms with van der Waals surface area (Å²) in [5, 5.41) is 6.12. The van der Waals surface area contributed by atoms with Crippen LogP contribution in [0.1, 0.15) is 23.5 Å². The standard InChI is InChI=1S/C17H17FN2O/c1-11-8-12(18)10-13(9-11)20-17(21)15-6-7-19-16-5-3-2-4-14(15)16/h2-5,8-10,15,19H,6-7H2,1H3,(H,20,21). The smallest absolute Gasteiger partial charge is 0.232 e. The van der Waals surface area contributed by atoms with Crippen LogP contribution < -0.4 is 10.6 Å². The lowest BCUT2D eigenvalue weighted by atomic mass is 9.90. The number of aryl methyl sites for hydroxylation is 1. The van der Waals surface area contributed by atoms with Crippen molar-refractivity contribution in [2.45, 2.75) is 19.3 Å². The van der Waals surface area contributed by atoms with Gasteiger partial charge in [-0.25, -0.2) is 4.39 Å². The van der Waals surface area contributed by atoms with E-state index in [4.69, 9.17) is 0 Å². The van der Waals surface area contributed by atoms with Gasteiger partial charge in [0.05, 0.1) is 5.92 Å². The first-order valence-corrected chi connectivity index (χ1v) is 7.04. The average Bonchev–Trinajstić information content (AvgIpc) is 2.45. The zero-order chi connectivity index (χ0) is 14.8. The maximum Gasteiger partial charge on any atom is 0.232 e. The van der Waals surface area contributed by atoms with Crippen molar-refractivity contribution in [1.29, 1.82) is 0 Å². The largest absolute Gasteiger partial charge is 0.385 e. The van der Waals surface area contributed by atoms with Gasteiger partial charge in [0.1, 0.15) is 5.82 Å². The highest BCUT2D eigenvalue weighted by molar-refractivity contribution is 5.97. The molecule has 2 aromatic rings. The summed E-state index contributed by atoms with van der Waals surface area (Å²) in [7, 11) is 0. The fourth-order valence-electron chi connectivity index (χ4n) is 2.78. The minimum Gasteiger partial charge on any atom is -0.385 e. The number of para-hydroxylation sites is 1. The van der Waals surface area contributed by atoms with Gasteiger partial charge in [0.25, 0.3) is 0 Å². The number of hydrogen-bond donors (Lipinski definition) is 2. The van der Waals surface area contributed by atoms with Gasteiger partial charge in [-0.1, -0.05) is 18.2 Å². The maximum atomic E-state index is 13.4. The van der Waals surface area contributed by atoms with Gasteiger partial charge in [0.2, 0.25) is 5.91 Å². The van der Waals surface area contributed by atoms with Crippen LogP contribution in [0.4, 0.5) is 15.8 Å². The fraction of sp³-hybridized carbons (Fsp3) is 0.235. The highest BCUT2D eigenvalue weighted by atomic mass is 19.1. The molecule has 0 bridgehead atoms. The number of hydrogen-bond acceptors (Lipinski definition) is 2. The van der Waals surface area contributed by atoms with E-state index in [1.807, 2.05) is 24.3 Å². The molecule has 2 aromatic carbocycles. The van der Waals surface area contributed by atoms with Gasteiger partial charge in [-0.3, -0.25) is 4.79 Å². The summed E-state index contributed by atoms with van der Waals surface area (Å²) in [4.78, 5) is 12.5. The summed E-state index contributed by atoms with van der Waals surface area (Å²) in [5.74, 6) is -0.629. The van der Waals surface area contributed by atoms with E-state index in [9.17, 15) is 9.18 Å². The molecule has 3 nitrogen and oxygen atoms in total. The highest BCUT2D eigenvalue weighted by Crippen LogP contribution is 2.32. The molecule has 0 saturated heterocycles. The van der Waals surface area contributed by atoms with E-state index in [0.717, 1.165) is 29.8 Å². The molecule has 1 heterocycles. The van der Waals surface area contributed by atoms with Crippen molar-refractivity contribution in [3.8, 4) is 0 Å². The third kappa shape index (κ3) is 2.89. The van der Waals surface area contributed by atoms with Crippen molar-refractivity contribution in [3.05, 3.63) is 59.4 Å². The lowest BCUT2D eigenvalue weighted by Crippen LogP contribution is -2.27. The first-order chi connectivity index (χ1) is 10.1. The molecule has 1 aliphatic heterocycles. The Morgan fingerprint density at radius 3 is 2.90 bits per heavy atom. The topological polar surface area (TPSA) is 41.1 Å². The second-order valence-corrected chi connectivity index (χ2v) is 5.36. The van der Waals surface area contributed by atoms with Gasteiger partial charge in [-0.05, 0) is 48.7 Å². The fourth-order valence-corrected chi connectivity index (χ4v) is 2.78. The quantitative estimate of drug-likeness (QED) is 0.883. The number of amides is 1. The minimum atomic E-state index is -0.337. The number of halogens is 1. The summed E-state index contributed by atoms with van der Waals surface area (Å²) in [5.41, 5.74) is 3.29. The first-order valence-electron chi connectivity index (χ1n) is 7.04. The zero-order valence-electron chi connectivity index (χ0n) is 11.8. The highest BCUT2D eigenvalue weighted by Gasteiger charge is 2.26. The molecular formula is C17H17FN2O. The Kier molecular flexibility index (Phi) is 3.60. The second kappa shape index (κ2) is 5.56. The molecule has 1 aliphatic rings. The molecule has 1 atom stereocenters. The van der Waals surface area contributed by atoms with Gasteiger partial charge < -0.3 is 10.6 Å². The summed E-state index contributed by atoms with van der Waals surface area (Å²) in [6, 6.07) is 12.4. The predicted octanol–water partition coefficient (Wildman–Crippen LogP) is 3.67. The molecule has 0 aliphatic carbocycles. The lowest BCUT2D eigenvalue weighted by molar-refractivity contribution is -0.117. The molecule has 21 heavy (non-hydrogen) atoms. The van der Waals surface area contributed by atoms with Crippen molar-refractivity contribution < 1.29 is 9.18 Å². The average molecular weight is 284 g/mol. The molecule has 0 saturated carbocycles. The van der Waals surface area contributed by atoms with Gasteiger partial charge >= 0.3 is 0 Å². The molecule has 0 spiro atoms. The molecule has 0 fully saturated rings. The van der Waals surface area contributed by atoms with E-state index in [1.54, 1.807) is 13.0 Å². The van der Waals surface area contributed by atoms with Crippen molar-refractivity contribution in [2.24, 2.45) is 0 Å². The van der Waals surface area contributed by atoms with E-state index in [1.165, 1.54) is 12.1 Å². The SMILES string of the molecule is Cc1cc(F)cc(NC(=O)C2CCNc3ccccc32)c1. The number of nitrogens with one attached hydrogen (secondary N) is 2. The van der Waals surface area contributed by atoms with Gasteiger partial charge in [-0.2, -0.15) is 0 Å². The molecule has 1 unspecified atom stereocenters. The van der Waals surface area contributed by atoms with E-state index in [2.05, 4.69) is 10.6 Å². The van der Waals surface area contributed by atoms with Crippen LogP contribution in [-0.4, -0.2) is 12.5 Å². The van der Waals surface area contributed by atoms with Crippen LogP contribution in [0.25, 0.3) is 0 Å². The number of benzene rings is 2. The lowest BCUT2D eigenvalue weighted by Gasteiger charge is -2.25. The first kappa shape index (κ1) is 13.6.